The Balaban J connectivity index is 1.85. The normalized spacial score (nSPS) is 20.4. The number of hydrogen-bond donors (Lipinski definition) is 1. The molecule has 19 heavy (non-hydrogen) atoms. The third-order valence-corrected chi connectivity index (χ3v) is 4.35. The molecule has 108 valence electrons. The number of rotatable bonds is 6. The van der Waals surface area contributed by atoms with Crippen LogP contribution < -0.4 is 0 Å². The van der Waals surface area contributed by atoms with E-state index in [0.717, 1.165) is 18.7 Å². The number of imidazole rings is 1. The lowest BCUT2D eigenvalue weighted by molar-refractivity contribution is -0.0570. The van der Waals surface area contributed by atoms with Crippen molar-refractivity contribution in [1.82, 2.24) is 9.55 Å². The van der Waals surface area contributed by atoms with Crippen LogP contribution in [0.4, 0.5) is 0 Å². The van der Waals surface area contributed by atoms with Gasteiger partial charge in [-0.25, -0.2) is 4.98 Å². The standard InChI is InChI=1S/C15H26N2O2/c1-17-11-10-16-14(17)9-8-13(18)15(19-2)12-6-4-3-5-7-12/h10-13,15,18H,3-9H2,1-2H3. The van der Waals surface area contributed by atoms with Gasteiger partial charge < -0.3 is 14.4 Å². The molecule has 1 aliphatic carbocycles. The average Bonchev–Trinajstić information content (AvgIpc) is 2.84. The van der Waals surface area contributed by atoms with Gasteiger partial charge in [-0.3, -0.25) is 0 Å². The van der Waals surface area contributed by atoms with Crippen LogP contribution in [0.2, 0.25) is 0 Å². The van der Waals surface area contributed by atoms with Crippen LogP contribution >= 0.6 is 0 Å². The first-order chi connectivity index (χ1) is 9.22. The number of aryl methyl sites for hydroxylation is 2. The molecule has 0 bridgehead atoms. The summed E-state index contributed by atoms with van der Waals surface area (Å²) >= 11 is 0. The highest BCUT2D eigenvalue weighted by Crippen LogP contribution is 2.30. The number of aliphatic hydroxyl groups is 1. The minimum absolute atomic E-state index is 0.0134. The summed E-state index contributed by atoms with van der Waals surface area (Å²) in [5.41, 5.74) is 0. The van der Waals surface area contributed by atoms with Gasteiger partial charge in [-0.1, -0.05) is 19.3 Å². The molecule has 1 aromatic heterocycles. The van der Waals surface area contributed by atoms with Crippen LogP contribution in [0.1, 0.15) is 44.3 Å². The minimum Gasteiger partial charge on any atom is -0.390 e. The fourth-order valence-corrected chi connectivity index (χ4v) is 3.21. The predicted molar refractivity (Wildman–Crippen MR) is 74.9 cm³/mol. The fourth-order valence-electron chi connectivity index (χ4n) is 3.21. The quantitative estimate of drug-likeness (QED) is 0.859. The van der Waals surface area contributed by atoms with E-state index in [0.29, 0.717) is 5.92 Å². The number of aromatic nitrogens is 2. The van der Waals surface area contributed by atoms with Gasteiger partial charge in [-0.2, -0.15) is 0 Å². The molecule has 4 nitrogen and oxygen atoms in total. The molecule has 0 aliphatic heterocycles. The Labute approximate surface area is 115 Å². The SMILES string of the molecule is COC(C(O)CCc1nccn1C)C1CCCCC1. The monoisotopic (exact) mass is 266 g/mol. The molecule has 1 saturated carbocycles. The van der Waals surface area contributed by atoms with E-state index in [1.807, 2.05) is 17.8 Å². The van der Waals surface area contributed by atoms with E-state index in [1.54, 1.807) is 13.3 Å². The summed E-state index contributed by atoms with van der Waals surface area (Å²) in [5, 5.41) is 10.4. The highest BCUT2D eigenvalue weighted by atomic mass is 16.5. The summed E-state index contributed by atoms with van der Waals surface area (Å²) in [6.07, 6.45) is 11.1. The van der Waals surface area contributed by atoms with Gasteiger partial charge in [-0.05, 0) is 25.2 Å². The molecule has 4 heteroatoms. The predicted octanol–water partition coefficient (Wildman–Crippen LogP) is 2.31. The highest BCUT2D eigenvalue weighted by Gasteiger charge is 2.29. The van der Waals surface area contributed by atoms with Crippen LogP contribution in [0, 0.1) is 5.92 Å². The van der Waals surface area contributed by atoms with Gasteiger partial charge in [0.1, 0.15) is 5.82 Å². The lowest BCUT2D eigenvalue weighted by Gasteiger charge is -2.32. The van der Waals surface area contributed by atoms with Crippen LogP contribution in [-0.4, -0.2) is 34.0 Å². The van der Waals surface area contributed by atoms with Crippen LogP contribution in [-0.2, 0) is 18.2 Å². The summed E-state index contributed by atoms with van der Waals surface area (Å²) < 4.78 is 7.58. The van der Waals surface area contributed by atoms with Crippen molar-refractivity contribution in [3.63, 3.8) is 0 Å². The molecule has 0 amide bonds. The van der Waals surface area contributed by atoms with E-state index in [4.69, 9.17) is 4.74 Å². The third-order valence-electron chi connectivity index (χ3n) is 4.35. The van der Waals surface area contributed by atoms with Crippen LogP contribution in [0.5, 0.6) is 0 Å². The Morgan fingerprint density at radius 2 is 2.16 bits per heavy atom. The van der Waals surface area contributed by atoms with Crippen LogP contribution in [0.15, 0.2) is 12.4 Å². The van der Waals surface area contributed by atoms with E-state index in [1.165, 1.54) is 32.1 Å². The van der Waals surface area contributed by atoms with Crippen molar-refractivity contribution < 1.29 is 9.84 Å². The molecule has 1 fully saturated rings. The average molecular weight is 266 g/mol. The first kappa shape index (κ1) is 14.5. The molecule has 0 aromatic carbocycles. The van der Waals surface area contributed by atoms with Crippen molar-refractivity contribution in [3.05, 3.63) is 18.2 Å². The summed E-state index contributed by atoms with van der Waals surface area (Å²) in [5.74, 6) is 1.55. The van der Waals surface area contributed by atoms with Crippen molar-refractivity contribution >= 4 is 0 Å². The molecule has 1 N–H and O–H groups in total. The second kappa shape index (κ2) is 7.06. The lowest BCUT2D eigenvalue weighted by atomic mass is 9.82. The van der Waals surface area contributed by atoms with Gasteiger partial charge in [0.2, 0.25) is 0 Å². The first-order valence-electron chi connectivity index (χ1n) is 7.39. The van der Waals surface area contributed by atoms with Crippen molar-refractivity contribution in [2.24, 2.45) is 13.0 Å². The van der Waals surface area contributed by atoms with E-state index in [-0.39, 0.29) is 12.2 Å². The molecule has 2 unspecified atom stereocenters. The van der Waals surface area contributed by atoms with E-state index in [2.05, 4.69) is 4.98 Å². The number of nitrogens with zero attached hydrogens (tertiary/aromatic N) is 2. The summed E-state index contributed by atoms with van der Waals surface area (Å²) in [6, 6.07) is 0. The zero-order valence-electron chi connectivity index (χ0n) is 12.1. The molecule has 0 saturated heterocycles. The maximum absolute atomic E-state index is 10.4. The lowest BCUT2D eigenvalue weighted by Crippen LogP contribution is -2.36. The zero-order valence-corrected chi connectivity index (χ0v) is 12.1. The summed E-state index contributed by atoms with van der Waals surface area (Å²) in [6.45, 7) is 0. The molecule has 1 aromatic rings. The Kier molecular flexibility index (Phi) is 5.40. The molecule has 1 aliphatic rings. The molecule has 2 atom stereocenters. The van der Waals surface area contributed by atoms with Gasteiger partial charge in [0.25, 0.3) is 0 Å². The van der Waals surface area contributed by atoms with Crippen LogP contribution in [0.3, 0.4) is 0 Å². The zero-order chi connectivity index (χ0) is 13.7. The number of hydrogen-bond acceptors (Lipinski definition) is 3. The second-order valence-corrected chi connectivity index (χ2v) is 5.66. The number of methoxy groups -OCH3 is 1. The maximum Gasteiger partial charge on any atom is 0.108 e. The largest absolute Gasteiger partial charge is 0.390 e. The van der Waals surface area contributed by atoms with Crippen molar-refractivity contribution in [1.29, 1.82) is 0 Å². The Hall–Kier alpha value is -0.870. The van der Waals surface area contributed by atoms with Gasteiger partial charge in [0.05, 0.1) is 12.2 Å². The Morgan fingerprint density at radius 1 is 1.42 bits per heavy atom. The van der Waals surface area contributed by atoms with Gasteiger partial charge in [0.15, 0.2) is 0 Å². The molecule has 2 rings (SSSR count). The third kappa shape index (κ3) is 3.80. The Bertz CT molecular complexity index is 372. The van der Waals surface area contributed by atoms with Gasteiger partial charge in [-0.15, -0.1) is 0 Å². The van der Waals surface area contributed by atoms with Gasteiger partial charge >= 0.3 is 0 Å². The Morgan fingerprint density at radius 3 is 2.74 bits per heavy atom. The van der Waals surface area contributed by atoms with Crippen molar-refractivity contribution in [2.75, 3.05) is 7.11 Å². The van der Waals surface area contributed by atoms with Gasteiger partial charge in [0, 0.05) is 33.0 Å². The molecule has 1 heterocycles. The smallest absolute Gasteiger partial charge is 0.108 e. The van der Waals surface area contributed by atoms with E-state index >= 15 is 0 Å². The topological polar surface area (TPSA) is 47.3 Å². The maximum atomic E-state index is 10.4. The van der Waals surface area contributed by atoms with E-state index in [9.17, 15) is 5.11 Å². The second-order valence-electron chi connectivity index (χ2n) is 5.66. The van der Waals surface area contributed by atoms with Crippen molar-refractivity contribution in [3.8, 4) is 0 Å². The first-order valence-corrected chi connectivity index (χ1v) is 7.39. The molecule has 0 radical (unpaired) electrons. The molecule has 0 spiro atoms. The van der Waals surface area contributed by atoms with E-state index < -0.39 is 0 Å². The van der Waals surface area contributed by atoms with Crippen LogP contribution in [0.25, 0.3) is 0 Å². The fraction of sp³-hybridized carbons (Fsp3) is 0.800. The summed E-state index contributed by atoms with van der Waals surface area (Å²) in [7, 11) is 3.72. The number of aliphatic hydroxyl groups excluding tert-OH is 1. The van der Waals surface area contributed by atoms with Crippen molar-refractivity contribution in [2.45, 2.75) is 57.2 Å². The molecular formula is C15H26N2O2. The molecular weight excluding hydrogens is 240 g/mol. The minimum atomic E-state index is -0.384. The summed E-state index contributed by atoms with van der Waals surface area (Å²) in [4.78, 5) is 4.30. The number of ether oxygens (including phenoxy) is 1. The highest BCUT2D eigenvalue weighted by molar-refractivity contribution is 4.92.